The minimum atomic E-state index is -2.99. The van der Waals surface area contributed by atoms with Crippen molar-refractivity contribution in [2.75, 3.05) is 42.6 Å². The van der Waals surface area contributed by atoms with Crippen LogP contribution in [0.1, 0.15) is 40.9 Å². The predicted molar refractivity (Wildman–Crippen MR) is 138 cm³/mol. The fourth-order valence-corrected chi connectivity index (χ4v) is 7.64. The number of hydrogen-bond donors (Lipinski definition) is 0. The molecule has 0 bridgehead atoms. The fraction of sp³-hybridized carbons (Fsp3) is 0.407. The Balaban J connectivity index is 1.21. The highest BCUT2D eigenvalue weighted by molar-refractivity contribution is 7.91. The zero-order valence-corrected chi connectivity index (χ0v) is 21.4. The Hall–Kier alpha value is -3.33. The minimum Gasteiger partial charge on any atom is -0.457 e. The summed E-state index contributed by atoms with van der Waals surface area (Å²) < 4.78 is 32.0. The normalized spacial score (nSPS) is 21.1. The highest BCUT2D eigenvalue weighted by Crippen LogP contribution is 2.44. The number of fused-ring (bicyclic) bond motifs is 2. The van der Waals surface area contributed by atoms with E-state index >= 15 is 0 Å². The molecular formula is C27H30N4O4S. The van der Waals surface area contributed by atoms with Crippen LogP contribution in [0.15, 0.2) is 48.5 Å². The third-order valence-corrected chi connectivity index (χ3v) is 9.43. The predicted octanol–water partition coefficient (Wildman–Crippen LogP) is 3.45. The lowest BCUT2D eigenvalue weighted by Gasteiger charge is -2.39. The van der Waals surface area contributed by atoms with E-state index in [0.29, 0.717) is 32.6 Å². The van der Waals surface area contributed by atoms with Gasteiger partial charge in [0, 0.05) is 37.3 Å². The molecule has 0 saturated carbocycles. The molecule has 4 heterocycles. The summed E-state index contributed by atoms with van der Waals surface area (Å²) >= 11 is 0. The van der Waals surface area contributed by atoms with Gasteiger partial charge in [-0.05, 0) is 32.4 Å². The van der Waals surface area contributed by atoms with Gasteiger partial charge in [0.25, 0.3) is 0 Å². The zero-order valence-electron chi connectivity index (χ0n) is 20.6. The number of para-hydroxylation sites is 2. The van der Waals surface area contributed by atoms with Crippen LogP contribution in [0.3, 0.4) is 0 Å². The molecule has 0 N–H and O–H groups in total. The van der Waals surface area contributed by atoms with E-state index in [2.05, 4.69) is 4.90 Å². The van der Waals surface area contributed by atoms with Crippen molar-refractivity contribution in [3.05, 3.63) is 71.0 Å². The fourth-order valence-electron chi connectivity index (χ4n) is 5.94. The number of hydrogen-bond acceptors (Lipinski definition) is 6. The van der Waals surface area contributed by atoms with Gasteiger partial charge in [-0.3, -0.25) is 9.48 Å². The Morgan fingerprint density at radius 3 is 2.14 bits per heavy atom. The first-order chi connectivity index (χ1) is 17.3. The SMILES string of the molecule is Cc1nn(C2CCS(=O)(=O)C2)c(C)c1N1CCN(C(=O)C2c3ccccc3Oc3ccccc32)CC1. The summed E-state index contributed by atoms with van der Waals surface area (Å²) in [6, 6.07) is 15.5. The van der Waals surface area contributed by atoms with Crippen LogP contribution in [0.4, 0.5) is 5.69 Å². The molecule has 3 aliphatic heterocycles. The van der Waals surface area contributed by atoms with Gasteiger partial charge < -0.3 is 14.5 Å². The summed E-state index contributed by atoms with van der Waals surface area (Å²) in [7, 11) is -2.99. The number of carbonyl (C=O) groups is 1. The van der Waals surface area contributed by atoms with Crippen molar-refractivity contribution >= 4 is 21.4 Å². The number of carbonyl (C=O) groups excluding carboxylic acids is 1. The summed E-state index contributed by atoms with van der Waals surface area (Å²) in [4.78, 5) is 18.1. The molecule has 3 aliphatic rings. The van der Waals surface area contributed by atoms with Gasteiger partial charge in [0.2, 0.25) is 5.91 Å². The summed E-state index contributed by atoms with van der Waals surface area (Å²) in [5.41, 5.74) is 4.78. The van der Waals surface area contributed by atoms with Crippen molar-refractivity contribution in [1.82, 2.24) is 14.7 Å². The topological polar surface area (TPSA) is 84.7 Å². The molecule has 2 saturated heterocycles. The lowest BCUT2D eigenvalue weighted by molar-refractivity contribution is -0.132. The molecule has 2 fully saturated rings. The standard InChI is InChI=1S/C27H30N4O4S/c1-18-26(19(2)31(28-18)20-11-16-36(33,34)17-20)29-12-14-30(15-13-29)27(32)25-21-7-3-5-9-23(21)35-24-10-6-4-8-22(24)25/h3-10,20,25H,11-17H2,1-2H3. The molecule has 9 heteroatoms. The molecule has 36 heavy (non-hydrogen) atoms. The summed E-state index contributed by atoms with van der Waals surface area (Å²) in [6.07, 6.45) is 0.611. The second-order valence-electron chi connectivity index (χ2n) is 9.94. The van der Waals surface area contributed by atoms with Gasteiger partial charge in [-0.1, -0.05) is 36.4 Å². The van der Waals surface area contributed by atoms with Crippen LogP contribution in [0.5, 0.6) is 11.5 Å². The van der Waals surface area contributed by atoms with E-state index in [4.69, 9.17) is 9.84 Å². The molecule has 1 atom stereocenters. The van der Waals surface area contributed by atoms with Gasteiger partial charge in [0.05, 0.1) is 40.5 Å². The lowest BCUT2D eigenvalue weighted by Crippen LogP contribution is -2.50. The summed E-state index contributed by atoms with van der Waals surface area (Å²) in [6.45, 7) is 6.64. The van der Waals surface area contributed by atoms with Gasteiger partial charge >= 0.3 is 0 Å². The average molecular weight is 507 g/mol. The summed E-state index contributed by atoms with van der Waals surface area (Å²) in [5, 5.41) is 4.73. The van der Waals surface area contributed by atoms with Crippen molar-refractivity contribution in [2.45, 2.75) is 32.2 Å². The maximum absolute atomic E-state index is 13.9. The van der Waals surface area contributed by atoms with Crippen LogP contribution < -0.4 is 9.64 Å². The van der Waals surface area contributed by atoms with Gasteiger partial charge in [0.1, 0.15) is 11.5 Å². The molecule has 0 aliphatic carbocycles. The van der Waals surface area contributed by atoms with Gasteiger partial charge in [-0.2, -0.15) is 5.10 Å². The average Bonchev–Trinajstić information content (AvgIpc) is 3.39. The van der Waals surface area contributed by atoms with Crippen molar-refractivity contribution in [3.63, 3.8) is 0 Å². The second kappa shape index (κ2) is 8.65. The number of aromatic nitrogens is 2. The highest BCUT2D eigenvalue weighted by atomic mass is 32.2. The molecule has 6 rings (SSSR count). The Morgan fingerprint density at radius 1 is 0.944 bits per heavy atom. The van der Waals surface area contributed by atoms with Crippen molar-refractivity contribution in [3.8, 4) is 11.5 Å². The van der Waals surface area contributed by atoms with Crippen LogP contribution in [-0.2, 0) is 14.6 Å². The number of sulfone groups is 1. The maximum atomic E-state index is 13.9. The van der Waals surface area contributed by atoms with Crippen molar-refractivity contribution in [1.29, 1.82) is 0 Å². The monoisotopic (exact) mass is 506 g/mol. The van der Waals surface area contributed by atoms with E-state index < -0.39 is 9.84 Å². The zero-order chi connectivity index (χ0) is 25.0. The first kappa shape index (κ1) is 23.1. The Kier molecular flexibility index (Phi) is 5.55. The third kappa shape index (κ3) is 3.86. The number of ether oxygens (including phenoxy) is 1. The van der Waals surface area contributed by atoms with Crippen LogP contribution in [0.2, 0.25) is 0 Å². The smallest absolute Gasteiger partial charge is 0.234 e. The second-order valence-corrected chi connectivity index (χ2v) is 12.2. The van der Waals surface area contributed by atoms with E-state index in [9.17, 15) is 13.2 Å². The number of anilines is 1. The van der Waals surface area contributed by atoms with E-state index in [-0.39, 0.29) is 29.4 Å². The first-order valence-corrected chi connectivity index (χ1v) is 14.3. The number of nitrogens with zero attached hydrogens (tertiary/aromatic N) is 4. The van der Waals surface area contributed by atoms with Crippen molar-refractivity contribution in [2.24, 2.45) is 0 Å². The molecule has 2 aromatic carbocycles. The number of rotatable bonds is 3. The number of piperazine rings is 1. The molecule has 8 nitrogen and oxygen atoms in total. The quantitative estimate of drug-likeness (QED) is 0.541. The van der Waals surface area contributed by atoms with Crippen molar-refractivity contribution < 1.29 is 17.9 Å². The Labute approximate surface area is 211 Å². The maximum Gasteiger partial charge on any atom is 0.234 e. The molecule has 0 spiro atoms. The Morgan fingerprint density at radius 2 is 1.56 bits per heavy atom. The van der Waals surface area contributed by atoms with Crippen LogP contribution in [0, 0.1) is 13.8 Å². The lowest BCUT2D eigenvalue weighted by atomic mass is 9.86. The Bertz CT molecular complexity index is 1390. The van der Waals surface area contributed by atoms with E-state index in [1.165, 1.54) is 0 Å². The molecule has 3 aromatic rings. The molecule has 1 unspecified atom stereocenters. The largest absolute Gasteiger partial charge is 0.457 e. The summed E-state index contributed by atoms with van der Waals surface area (Å²) in [5.74, 6) is 1.57. The van der Waals surface area contributed by atoms with E-state index in [1.807, 2.05) is 72.0 Å². The van der Waals surface area contributed by atoms with Crippen LogP contribution >= 0.6 is 0 Å². The third-order valence-electron chi connectivity index (χ3n) is 7.68. The number of benzene rings is 2. The minimum absolute atomic E-state index is 0.0955. The molecule has 1 amide bonds. The number of aryl methyl sites for hydroxylation is 1. The number of amides is 1. The molecule has 1 aromatic heterocycles. The van der Waals surface area contributed by atoms with Gasteiger partial charge in [-0.25, -0.2) is 8.42 Å². The highest BCUT2D eigenvalue weighted by Gasteiger charge is 2.37. The van der Waals surface area contributed by atoms with Gasteiger partial charge in [-0.15, -0.1) is 0 Å². The van der Waals surface area contributed by atoms with Crippen LogP contribution in [-0.4, -0.2) is 66.7 Å². The van der Waals surface area contributed by atoms with Crippen LogP contribution in [0.25, 0.3) is 0 Å². The van der Waals surface area contributed by atoms with Gasteiger partial charge in [0.15, 0.2) is 9.84 Å². The first-order valence-electron chi connectivity index (χ1n) is 12.5. The molecular weight excluding hydrogens is 476 g/mol. The molecule has 0 radical (unpaired) electrons. The van der Waals surface area contributed by atoms with E-state index in [1.54, 1.807) is 0 Å². The van der Waals surface area contributed by atoms with E-state index in [0.717, 1.165) is 39.7 Å². The molecule has 188 valence electrons.